The molecular weight excluding hydrogens is 1810 g/mol. The Morgan fingerprint density at radius 3 is 1.07 bits per heavy atom. The molecule has 4 aliphatic rings. The normalized spacial score (nSPS) is 32.9. The quantitative estimate of drug-likeness (QED) is 0.0720. The summed E-state index contributed by atoms with van der Waals surface area (Å²) in [6.45, 7) is 52.9. The number of carbonyl (C=O) groups excluding carboxylic acids is 8. The van der Waals surface area contributed by atoms with E-state index in [-0.39, 0.29) is 140 Å². The van der Waals surface area contributed by atoms with Gasteiger partial charge in [0.25, 0.3) is 0 Å². The monoisotopic (exact) mass is 1980 g/mol. The summed E-state index contributed by atoms with van der Waals surface area (Å²) in [6, 6.07) is 4.80. The van der Waals surface area contributed by atoms with Crippen LogP contribution < -0.4 is 21.3 Å². The van der Waals surface area contributed by atoms with Gasteiger partial charge in [0.05, 0.1) is 146 Å². The molecule has 28 heteroatoms. The smallest absolute Gasteiger partial charge is 0.223 e. The second kappa shape index (κ2) is 54.3. The summed E-state index contributed by atoms with van der Waals surface area (Å²) < 4.78 is 11.7. The summed E-state index contributed by atoms with van der Waals surface area (Å²) in [5.74, 6) is -4.48. The molecule has 9 rings (SSSR count). The van der Waals surface area contributed by atoms with Gasteiger partial charge in [0.2, 0.25) is 23.6 Å². The van der Waals surface area contributed by atoms with E-state index in [0.29, 0.717) is 61.7 Å². The highest BCUT2D eigenvalue weighted by molar-refractivity contribution is 7.18. The van der Waals surface area contributed by atoms with Crippen molar-refractivity contribution in [1.29, 1.82) is 0 Å². The molecule has 0 fully saturated rings. The third-order valence-corrected chi connectivity index (χ3v) is 30.0. The van der Waals surface area contributed by atoms with Crippen LogP contribution in [0.1, 0.15) is 295 Å². The molecule has 0 unspecified atom stereocenters. The number of amides is 4. The van der Waals surface area contributed by atoms with Gasteiger partial charge in [-0.05, 0) is 189 Å². The van der Waals surface area contributed by atoms with Crippen molar-refractivity contribution in [2.75, 3.05) is 0 Å². The van der Waals surface area contributed by atoms with Crippen molar-refractivity contribution in [1.82, 2.24) is 41.2 Å². The van der Waals surface area contributed by atoms with Gasteiger partial charge >= 0.3 is 0 Å². The van der Waals surface area contributed by atoms with Crippen LogP contribution in [0.4, 0.5) is 0 Å². The third-order valence-electron chi connectivity index (χ3n) is 28.2. The zero-order valence-electron chi connectivity index (χ0n) is 87.7. The van der Waals surface area contributed by atoms with Crippen LogP contribution in [0, 0.1) is 109 Å². The van der Waals surface area contributed by atoms with Crippen LogP contribution in [-0.4, -0.2) is 175 Å². The van der Waals surface area contributed by atoms with Crippen LogP contribution in [0.2, 0.25) is 0 Å². The van der Waals surface area contributed by atoms with E-state index in [1.807, 2.05) is 200 Å². The third kappa shape index (κ3) is 35.0. The molecule has 12 N–H and O–H groups in total. The number of aliphatic hydroxyl groups excluding tert-OH is 8. The number of allylic oxidation sites excluding steroid dienone is 12. The number of ketones is 4. The number of benzene rings is 1. The first-order chi connectivity index (χ1) is 64.7. The number of nitrogens with zero attached hydrogens (tertiary/aromatic N) is 4. The lowest BCUT2D eigenvalue weighted by Crippen LogP contribution is -2.47. The predicted octanol–water partition coefficient (Wildman–Crippen LogP) is 19.1. The van der Waals surface area contributed by atoms with Crippen LogP contribution >= 0.6 is 22.7 Å². The van der Waals surface area contributed by atoms with Crippen LogP contribution in [-0.2, 0) is 38.4 Å². The fourth-order valence-electron chi connectivity index (χ4n) is 18.2. The second-order valence-corrected chi connectivity index (χ2v) is 44.3. The van der Waals surface area contributed by atoms with E-state index in [2.05, 4.69) is 59.4 Å². The Morgan fingerprint density at radius 1 is 0.400 bits per heavy atom. The highest BCUT2D eigenvalue weighted by Crippen LogP contribution is 2.39. The van der Waals surface area contributed by atoms with Crippen LogP contribution in [0.25, 0.3) is 28.4 Å². The summed E-state index contributed by atoms with van der Waals surface area (Å²) >= 11 is 3.21. The first-order valence-corrected chi connectivity index (χ1v) is 50.7. The maximum Gasteiger partial charge on any atom is 0.223 e. The minimum atomic E-state index is -1.19. The Balaban J connectivity index is 0.000000328. The first kappa shape index (κ1) is 121. The number of rotatable bonds is 7. The van der Waals surface area contributed by atoms with Crippen molar-refractivity contribution in [2.45, 2.75) is 345 Å². The number of hydrogen-bond donors (Lipinski definition) is 12. The van der Waals surface area contributed by atoms with Gasteiger partial charge in [0, 0.05) is 42.9 Å². The molecule has 4 aromatic heterocycles. The summed E-state index contributed by atoms with van der Waals surface area (Å²) in [5, 5.41) is 103. The van der Waals surface area contributed by atoms with E-state index in [1.165, 1.54) is 0 Å². The van der Waals surface area contributed by atoms with E-state index in [0.717, 1.165) is 70.5 Å². The van der Waals surface area contributed by atoms with Crippen molar-refractivity contribution < 1.29 is 88.0 Å². The molecule has 140 heavy (non-hydrogen) atoms. The van der Waals surface area contributed by atoms with Gasteiger partial charge in [-0.15, -0.1) is 22.7 Å². The van der Waals surface area contributed by atoms with Gasteiger partial charge in [0.15, 0.2) is 11.8 Å². The number of aryl methyl sites for hydroxylation is 4. The maximum atomic E-state index is 13.2. The largest absolute Gasteiger partial charge is 0.449 e. The molecule has 0 spiro atoms. The zero-order valence-corrected chi connectivity index (χ0v) is 89.3. The molecule has 4 aliphatic heterocycles. The van der Waals surface area contributed by atoms with Crippen LogP contribution in [0.3, 0.4) is 0 Å². The lowest BCUT2D eigenvalue weighted by Gasteiger charge is -2.34. The molecule has 22 atom stereocenters. The fraction of sp³-hybridized carbons (Fsp3) is 0.589. The van der Waals surface area contributed by atoms with Crippen LogP contribution in [0.15, 0.2) is 157 Å². The molecule has 0 radical (unpaired) electrons. The number of fused-ring (bicyclic) bond motifs is 1. The maximum absolute atomic E-state index is 13.2. The van der Waals surface area contributed by atoms with Gasteiger partial charge in [-0.3, -0.25) is 38.4 Å². The SMILES string of the molecule is C.CC1=C/C[C@@H](/C(C)=C/c2coc(C)n2)NC(=O)C[C@H](O)C(C)(C)C(=O)[C@H](C)[C@@H](O)[C@@H](C)C\C=C\1.CC1=C/C[C@@H](c2ccc3sc(C)nc3c2)NC(=O)C[C@H](O)C(C)(C)C(=O)[C@H](C)[C@@H](O)[C@@H](C)C\C=C\1.CC1=C/[C@H](C)[C@@H](/C(C)=C/c2coc(C)n2)NC(=O)C[C@H](O)C(C)(C)C(=O)[C@H](C)[C@@H](O)[C@@H](C)C\C=C\1.CC1=C/[C@H](C)[C@@H](/C(C)=C/c2csc(C)n2)NC(=O)C[C@H](O)C(C)(C)C(=O)[C@H](C)[C@@H](O)[C@@H](C)C\C=C\1. The molecule has 26 nitrogen and oxygen atoms in total. The number of thiazole rings is 2. The number of carbonyl (C=O) groups is 8. The zero-order chi connectivity index (χ0) is 105. The van der Waals surface area contributed by atoms with Crippen molar-refractivity contribution in [3.63, 3.8) is 0 Å². The number of Topliss-reactive ketones (excluding diaryl/α,β-unsaturated/α-hetero) is 4. The molecule has 8 heterocycles. The molecule has 0 saturated carbocycles. The first-order valence-electron chi connectivity index (χ1n) is 49.0. The highest BCUT2D eigenvalue weighted by Gasteiger charge is 2.47. The molecule has 0 aliphatic carbocycles. The molecule has 0 bridgehead atoms. The summed E-state index contributed by atoms with van der Waals surface area (Å²) in [5.41, 5.74) is 6.23. The number of aliphatic hydroxyl groups is 8. The van der Waals surface area contributed by atoms with Crippen LogP contribution in [0.5, 0.6) is 0 Å². The molecule has 774 valence electrons. The van der Waals surface area contributed by atoms with Crippen molar-refractivity contribution in [3.8, 4) is 0 Å². The lowest BCUT2D eigenvalue weighted by molar-refractivity contribution is -0.144. The number of oxazole rings is 2. The predicted molar refractivity (Wildman–Crippen MR) is 561 cm³/mol. The standard InChI is InChI=1S/C28H42N2O5.C28H38N2O4S.C28H42N2O4S.C27H40N2O5.CH4/c1-16-10-9-11-17(2)26(33)20(5)27(34)28(7,8)23(31)14-24(32)30-25(18(3)12-16)19(4)13-22-15-35-21(6)29-22;1-16-8-7-9-17(2)26(33)18(3)27(34)28(5,6)24(31)15-25(32)30-21(12-10-16)20-11-13-23-22(14-20)29-19(4)35-23;1-16-10-9-11-17(2)26(33)20(5)27(34)28(7,8)23(31)14-24(32)30-25(18(3)12-16)19(4)13-22-15-35-21(6)29-22;1-16-9-8-10-17(2)25(32)19(4)26(33)27(6,7)23(30)14-24(31)29-22(12-11-16)18(3)13-21-15-34-20(5)28-21;/h9-10,12-13,15,17-18,20,23,25-26,31,33H,11,14H2,1-8H3,(H,30,32);7-8,10-11,13-14,17-18,21,24,26,31,33H,9,12,15H2,1-6H3,(H,30,32);9-10,12-13,15,17-18,20,23,25-26,31,33H,11,14H2,1-8H3,(H,30,32);8-9,11,13,15,17,19,22-23,25,30,32H,10,12,14H2,1-7H3,(H,29,31);1H4/b10-9+,16-12-,19-13+;8-7+,16-10-;10-9+,16-12-,19-13+;9-8+,16-11-,18-13+;/t17-,18-,20+,23-,25-,26-;17-,18+,21-,24-,26-;17-,18-,20+,23-,25-,26-;17-,19+,22-,23-,25-;/m0000./s1. The van der Waals surface area contributed by atoms with Gasteiger partial charge in [-0.25, -0.2) is 19.9 Å². The van der Waals surface area contributed by atoms with Gasteiger partial charge in [0.1, 0.15) is 47.0 Å². The van der Waals surface area contributed by atoms with E-state index in [9.17, 15) is 79.2 Å². The molecule has 4 amide bonds. The molecule has 0 saturated heterocycles. The minimum absolute atomic E-state index is 0. The van der Waals surface area contributed by atoms with Crippen molar-refractivity contribution in [3.05, 3.63) is 192 Å². The molecular formula is C112H166N8O18S2. The fourth-order valence-corrected chi connectivity index (χ4v) is 19.5. The lowest BCUT2D eigenvalue weighted by atomic mass is 9.73. The Morgan fingerprint density at radius 2 is 0.729 bits per heavy atom. The molecule has 1 aromatic carbocycles. The summed E-state index contributed by atoms with van der Waals surface area (Å²) in [6.07, 6.45) is 28.0. The topological polar surface area (TPSA) is 424 Å². The Labute approximate surface area is 840 Å². The minimum Gasteiger partial charge on any atom is -0.449 e. The van der Waals surface area contributed by atoms with Crippen molar-refractivity contribution >= 4 is 97.9 Å². The van der Waals surface area contributed by atoms with Gasteiger partial charge in [-0.2, -0.15) is 0 Å². The number of aromatic nitrogens is 4. The van der Waals surface area contributed by atoms with E-state index in [1.54, 1.807) is 132 Å². The Bertz CT molecular complexity index is 5210. The summed E-state index contributed by atoms with van der Waals surface area (Å²) in [7, 11) is 0. The average Bonchev–Trinajstić information content (AvgIpc) is 1.74. The van der Waals surface area contributed by atoms with E-state index in [4.69, 9.17) is 8.83 Å². The summed E-state index contributed by atoms with van der Waals surface area (Å²) in [4.78, 5) is 123. The van der Waals surface area contributed by atoms with Crippen molar-refractivity contribution in [2.24, 2.45) is 80.8 Å². The van der Waals surface area contributed by atoms with Gasteiger partial charge < -0.3 is 71.0 Å². The molecule has 5 aromatic rings. The highest BCUT2D eigenvalue weighted by atomic mass is 32.1. The number of hydrogen-bond acceptors (Lipinski definition) is 24. The second-order valence-electron chi connectivity index (χ2n) is 42.0. The van der Waals surface area contributed by atoms with E-state index >= 15 is 0 Å². The Kier molecular flexibility index (Phi) is 46.9. The van der Waals surface area contributed by atoms with Gasteiger partial charge in [-0.1, -0.05) is 233 Å². The van der Waals surface area contributed by atoms with E-state index < -0.39 is 94.2 Å². The Hall–Kier alpha value is -9.46. The number of nitrogens with one attached hydrogen (secondary N) is 4. The average molecular weight is 1980 g/mol.